The highest BCUT2D eigenvalue weighted by atomic mass is 16.4. The van der Waals surface area contributed by atoms with Crippen molar-refractivity contribution in [2.24, 2.45) is 0 Å². The number of hydrogen-bond donors (Lipinski definition) is 4. The van der Waals surface area contributed by atoms with Gasteiger partial charge in [0.25, 0.3) is 0 Å². The maximum absolute atomic E-state index is 11.3. The predicted molar refractivity (Wildman–Crippen MR) is 54.5 cm³/mol. The molecule has 4 N–H and O–H groups in total. The van der Waals surface area contributed by atoms with Crippen LogP contribution in [0.3, 0.4) is 0 Å². The van der Waals surface area contributed by atoms with E-state index < -0.39 is 30.1 Å². The van der Waals surface area contributed by atoms with E-state index in [9.17, 15) is 19.5 Å². The average molecular weight is 232 g/mol. The molecule has 0 aromatic rings. The standard InChI is InChI=1S/C9H16N2O5/c1-5(11-6(2)12)7(13)10-4-9(3,16)8(14)15/h5,16H,4H2,1-3H3,(H,10,13)(H,11,12)(H,14,15). The van der Waals surface area contributed by atoms with Crippen LogP contribution in [-0.4, -0.2) is 46.2 Å². The molecule has 7 heteroatoms. The highest BCUT2D eigenvalue weighted by Crippen LogP contribution is 2.00. The molecule has 92 valence electrons. The van der Waals surface area contributed by atoms with E-state index in [1.54, 1.807) is 0 Å². The first-order valence-corrected chi connectivity index (χ1v) is 4.67. The number of carbonyl (C=O) groups is 3. The summed E-state index contributed by atoms with van der Waals surface area (Å²) in [5, 5.41) is 22.4. The number of aliphatic carboxylic acids is 1. The summed E-state index contributed by atoms with van der Waals surface area (Å²) in [4.78, 5) is 32.5. The zero-order chi connectivity index (χ0) is 12.9. The van der Waals surface area contributed by atoms with Crippen molar-refractivity contribution in [2.75, 3.05) is 6.54 Å². The Bertz CT molecular complexity index is 300. The van der Waals surface area contributed by atoms with Crippen LogP contribution in [-0.2, 0) is 14.4 Å². The summed E-state index contributed by atoms with van der Waals surface area (Å²) in [7, 11) is 0. The van der Waals surface area contributed by atoms with Crippen LogP contribution in [0.2, 0.25) is 0 Å². The minimum atomic E-state index is -2.02. The Hall–Kier alpha value is -1.63. The molecule has 0 rings (SSSR count). The van der Waals surface area contributed by atoms with Gasteiger partial charge in [-0.25, -0.2) is 4.79 Å². The number of nitrogens with one attached hydrogen (secondary N) is 2. The number of carboxylic acid groups (broad SMARTS) is 1. The normalized spacial score (nSPS) is 15.8. The number of amides is 2. The lowest BCUT2D eigenvalue weighted by Crippen LogP contribution is -2.51. The average Bonchev–Trinajstić information content (AvgIpc) is 2.12. The molecule has 0 aliphatic carbocycles. The van der Waals surface area contributed by atoms with E-state index in [2.05, 4.69) is 10.6 Å². The molecule has 0 aliphatic heterocycles. The van der Waals surface area contributed by atoms with Crippen molar-refractivity contribution in [1.82, 2.24) is 10.6 Å². The molecule has 2 unspecified atom stereocenters. The van der Waals surface area contributed by atoms with Gasteiger partial charge in [0.1, 0.15) is 6.04 Å². The van der Waals surface area contributed by atoms with Crippen molar-refractivity contribution >= 4 is 17.8 Å². The van der Waals surface area contributed by atoms with Crippen molar-refractivity contribution in [3.8, 4) is 0 Å². The number of aliphatic hydroxyl groups is 1. The van der Waals surface area contributed by atoms with Crippen LogP contribution in [0.15, 0.2) is 0 Å². The molecule has 0 saturated carbocycles. The van der Waals surface area contributed by atoms with Crippen molar-refractivity contribution in [2.45, 2.75) is 32.4 Å². The molecule has 0 saturated heterocycles. The minimum absolute atomic E-state index is 0.368. The van der Waals surface area contributed by atoms with E-state index in [-0.39, 0.29) is 5.91 Å². The van der Waals surface area contributed by atoms with Crippen molar-refractivity contribution < 1.29 is 24.6 Å². The van der Waals surface area contributed by atoms with Gasteiger partial charge in [0.2, 0.25) is 11.8 Å². The third-order valence-electron chi connectivity index (χ3n) is 1.88. The van der Waals surface area contributed by atoms with Crippen LogP contribution in [0, 0.1) is 0 Å². The van der Waals surface area contributed by atoms with Gasteiger partial charge >= 0.3 is 5.97 Å². The first-order chi connectivity index (χ1) is 7.16. The summed E-state index contributed by atoms with van der Waals surface area (Å²) >= 11 is 0. The van der Waals surface area contributed by atoms with Crippen molar-refractivity contribution in [3.63, 3.8) is 0 Å². The van der Waals surface area contributed by atoms with Crippen molar-refractivity contribution in [1.29, 1.82) is 0 Å². The summed E-state index contributed by atoms with van der Waals surface area (Å²) in [6, 6.07) is -0.776. The van der Waals surface area contributed by atoms with E-state index in [4.69, 9.17) is 5.11 Å². The lowest BCUT2D eigenvalue weighted by Gasteiger charge is -2.20. The Kier molecular flexibility index (Phi) is 4.90. The molecule has 7 nitrogen and oxygen atoms in total. The second-order valence-corrected chi connectivity index (χ2v) is 3.72. The van der Waals surface area contributed by atoms with E-state index >= 15 is 0 Å². The fraction of sp³-hybridized carbons (Fsp3) is 0.667. The first-order valence-electron chi connectivity index (χ1n) is 4.67. The maximum atomic E-state index is 11.3. The van der Waals surface area contributed by atoms with Crippen LogP contribution in [0.1, 0.15) is 20.8 Å². The van der Waals surface area contributed by atoms with E-state index in [1.165, 1.54) is 13.8 Å². The Labute approximate surface area is 92.8 Å². The maximum Gasteiger partial charge on any atom is 0.337 e. The van der Waals surface area contributed by atoms with Crippen LogP contribution >= 0.6 is 0 Å². The predicted octanol–water partition coefficient (Wildman–Crippen LogP) is -1.54. The number of carboxylic acids is 1. The lowest BCUT2D eigenvalue weighted by atomic mass is 10.1. The molecule has 2 amide bonds. The molecular formula is C9H16N2O5. The molecule has 0 radical (unpaired) electrons. The van der Waals surface area contributed by atoms with Gasteiger partial charge < -0.3 is 20.8 Å². The van der Waals surface area contributed by atoms with E-state index in [1.807, 2.05) is 0 Å². The molecule has 0 heterocycles. The largest absolute Gasteiger partial charge is 0.479 e. The second-order valence-electron chi connectivity index (χ2n) is 3.72. The Balaban J connectivity index is 4.17. The third-order valence-corrected chi connectivity index (χ3v) is 1.88. The molecule has 0 spiro atoms. The minimum Gasteiger partial charge on any atom is -0.479 e. The number of carbonyl (C=O) groups excluding carboxylic acids is 2. The summed E-state index contributed by atoms with van der Waals surface area (Å²) in [6.45, 7) is 3.35. The topological polar surface area (TPSA) is 116 Å². The van der Waals surface area contributed by atoms with Gasteiger partial charge in [-0.3, -0.25) is 9.59 Å². The summed E-state index contributed by atoms with van der Waals surface area (Å²) in [6.07, 6.45) is 0. The molecule has 0 bridgehead atoms. The summed E-state index contributed by atoms with van der Waals surface area (Å²) < 4.78 is 0. The van der Waals surface area contributed by atoms with Gasteiger partial charge in [-0.1, -0.05) is 0 Å². The zero-order valence-corrected chi connectivity index (χ0v) is 9.40. The van der Waals surface area contributed by atoms with E-state index in [0.717, 1.165) is 6.92 Å². The Morgan fingerprint density at radius 1 is 1.38 bits per heavy atom. The molecular weight excluding hydrogens is 216 g/mol. The van der Waals surface area contributed by atoms with Gasteiger partial charge in [-0.05, 0) is 13.8 Å². The first kappa shape index (κ1) is 14.4. The molecule has 2 atom stereocenters. The molecule has 0 aliphatic rings. The smallest absolute Gasteiger partial charge is 0.337 e. The summed E-state index contributed by atoms with van der Waals surface area (Å²) in [5.74, 6) is -2.36. The highest BCUT2D eigenvalue weighted by Gasteiger charge is 2.30. The van der Waals surface area contributed by atoms with Crippen LogP contribution in [0.5, 0.6) is 0 Å². The Morgan fingerprint density at radius 2 is 1.88 bits per heavy atom. The fourth-order valence-corrected chi connectivity index (χ4v) is 0.858. The Morgan fingerprint density at radius 3 is 2.25 bits per heavy atom. The quantitative estimate of drug-likeness (QED) is 0.458. The molecule has 16 heavy (non-hydrogen) atoms. The van der Waals surface area contributed by atoms with Crippen LogP contribution < -0.4 is 10.6 Å². The highest BCUT2D eigenvalue weighted by molar-refractivity contribution is 5.87. The van der Waals surface area contributed by atoms with Gasteiger partial charge in [-0.15, -0.1) is 0 Å². The number of hydrogen-bond acceptors (Lipinski definition) is 4. The molecule has 0 fully saturated rings. The zero-order valence-electron chi connectivity index (χ0n) is 9.40. The van der Waals surface area contributed by atoms with Crippen molar-refractivity contribution in [3.05, 3.63) is 0 Å². The van der Waals surface area contributed by atoms with Gasteiger partial charge in [0, 0.05) is 6.92 Å². The van der Waals surface area contributed by atoms with Gasteiger partial charge in [0.15, 0.2) is 5.60 Å². The van der Waals surface area contributed by atoms with Crippen LogP contribution in [0.4, 0.5) is 0 Å². The lowest BCUT2D eigenvalue weighted by molar-refractivity contribution is -0.156. The third kappa shape index (κ3) is 4.74. The number of rotatable bonds is 5. The van der Waals surface area contributed by atoms with Gasteiger partial charge in [-0.2, -0.15) is 0 Å². The molecule has 0 aromatic carbocycles. The molecule has 0 aromatic heterocycles. The van der Waals surface area contributed by atoms with E-state index in [0.29, 0.717) is 0 Å². The van der Waals surface area contributed by atoms with Crippen LogP contribution in [0.25, 0.3) is 0 Å². The fourth-order valence-electron chi connectivity index (χ4n) is 0.858. The summed E-state index contributed by atoms with van der Waals surface area (Å²) in [5.41, 5.74) is -2.02. The van der Waals surface area contributed by atoms with Gasteiger partial charge in [0.05, 0.1) is 6.54 Å². The SMILES string of the molecule is CC(=O)NC(C)C(=O)NCC(C)(O)C(=O)O. The second kappa shape index (κ2) is 5.45. The monoisotopic (exact) mass is 232 g/mol.